The van der Waals surface area contributed by atoms with Gasteiger partial charge in [0.2, 0.25) is 0 Å². The van der Waals surface area contributed by atoms with Crippen LogP contribution < -0.4 is 5.32 Å². The first kappa shape index (κ1) is 11.2. The standard InChI is InChI=1S/C13H19N3/c1-2-7-15-13(11-3-4-11)12-5-8-16(10-12)9-6-14/h5,8,10-11,13,15H,2-4,7,9H2,1H3. The predicted octanol–water partition coefficient (Wildman–Crippen LogP) is 2.46. The quantitative estimate of drug-likeness (QED) is 0.795. The van der Waals surface area contributed by atoms with Gasteiger partial charge in [0.1, 0.15) is 6.54 Å². The number of nitrogens with zero attached hydrogens (tertiary/aromatic N) is 2. The first-order chi connectivity index (χ1) is 7.85. The van der Waals surface area contributed by atoms with E-state index >= 15 is 0 Å². The molecule has 1 fully saturated rings. The molecule has 0 aliphatic heterocycles. The highest BCUT2D eigenvalue weighted by atomic mass is 15.0. The number of nitriles is 1. The number of hydrogen-bond donors (Lipinski definition) is 1. The van der Waals surface area contributed by atoms with Gasteiger partial charge < -0.3 is 9.88 Å². The van der Waals surface area contributed by atoms with Gasteiger partial charge in [-0.3, -0.25) is 0 Å². The van der Waals surface area contributed by atoms with E-state index in [1.807, 2.05) is 10.8 Å². The Hall–Kier alpha value is -1.27. The van der Waals surface area contributed by atoms with Gasteiger partial charge in [0.05, 0.1) is 6.07 Å². The highest BCUT2D eigenvalue weighted by molar-refractivity contribution is 5.18. The fraction of sp³-hybridized carbons (Fsp3) is 0.615. The van der Waals surface area contributed by atoms with Gasteiger partial charge in [-0.25, -0.2) is 0 Å². The van der Waals surface area contributed by atoms with E-state index in [-0.39, 0.29) is 0 Å². The summed E-state index contributed by atoms with van der Waals surface area (Å²) in [6.07, 6.45) is 7.95. The lowest BCUT2D eigenvalue weighted by Gasteiger charge is -2.16. The van der Waals surface area contributed by atoms with E-state index in [1.54, 1.807) is 0 Å². The SMILES string of the molecule is CCCNC(c1ccn(CC#N)c1)C1CC1. The van der Waals surface area contributed by atoms with E-state index in [4.69, 9.17) is 5.26 Å². The summed E-state index contributed by atoms with van der Waals surface area (Å²) in [7, 11) is 0. The summed E-state index contributed by atoms with van der Waals surface area (Å²) in [5, 5.41) is 12.3. The maximum absolute atomic E-state index is 8.64. The fourth-order valence-electron chi connectivity index (χ4n) is 2.11. The van der Waals surface area contributed by atoms with Gasteiger partial charge in [-0.15, -0.1) is 0 Å². The Morgan fingerprint density at radius 1 is 1.62 bits per heavy atom. The third-order valence-electron chi connectivity index (χ3n) is 3.09. The molecule has 1 aliphatic rings. The van der Waals surface area contributed by atoms with E-state index in [1.165, 1.54) is 24.8 Å². The Bertz CT molecular complexity index is 371. The maximum Gasteiger partial charge on any atom is 0.109 e. The second-order valence-corrected chi connectivity index (χ2v) is 4.54. The van der Waals surface area contributed by atoms with Crippen molar-refractivity contribution in [2.24, 2.45) is 5.92 Å². The van der Waals surface area contributed by atoms with Gasteiger partial charge in [0.15, 0.2) is 0 Å². The molecule has 3 nitrogen and oxygen atoms in total. The zero-order valence-corrected chi connectivity index (χ0v) is 9.82. The minimum absolute atomic E-state index is 0.450. The molecule has 1 aromatic rings. The van der Waals surface area contributed by atoms with E-state index in [0.29, 0.717) is 12.6 Å². The molecule has 3 heteroatoms. The summed E-state index contributed by atoms with van der Waals surface area (Å²) in [5.41, 5.74) is 1.34. The van der Waals surface area contributed by atoms with Gasteiger partial charge >= 0.3 is 0 Å². The highest BCUT2D eigenvalue weighted by Crippen LogP contribution is 2.41. The lowest BCUT2D eigenvalue weighted by atomic mass is 10.1. The van der Waals surface area contributed by atoms with Gasteiger partial charge in [-0.05, 0) is 43.4 Å². The van der Waals surface area contributed by atoms with Crippen molar-refractivity contribution in [3.63, 3.8) is 0 Å². The zero-order chi connectivity index (χ0) is 11.4. The van der Waals surface area contributed by atoms with Gasteiger partial charge in [0.25, 0.3) is 0 Å². The molecule has 0 bridgehead atoms. The molecule has 0 spiro atoms. The first-order valence-corrected chi connectivity index (χ1v) is 6.11. The molecular weight excluding hydrogens is 198 g/mol. The average Bonchev–Trinajstić information content (AvgIpc) is 3.01. The van der Waals surface area contributed by atoms with E-state index in [9.17, 15) is 0 Å². The van der Waals surface area contributed by atoms with Crippen molar-refractivity contribution in [3.8, 4) is 6.07 Å². The monoisotopic (exact) mass is 217 g/mol. The summed E-state index contributed by atoms with van der Waals surface area (Å²) in [6, 6.07) is 4.81. The molecule has 0 amide bonds. The molecule has 2 rings (SSSR count). The molecule has 1 saturated carbocycles. The third kappa shape index (κ3) is 2.65. The van der Waals surface area contributed by atoms with Crippen molar-refractivity contribution in [2.45, 2.75) is 38.8 Å². The van der Waals surface area contributed by atoms with Gasteiger partial charge in [-0.1, -0.05) is 6.92 Å². The smallest absolute Gasteiger partial charge is 0.109 e. The molecule has 1 aliphatic carbocycles. The van der Waals surface area contributed by atoms with Crippen LogP contribution in [0.4, 0.5) is 0 Å². The van der Waals surface area contributed by atoms with Crippen LogP contribution in [0.2, 0.25) is 0 Å². The van der Waals surface area contributed by atoms with Crippen molar-refractivity contribution in [3.05, 3.63) is 24.0 Å². The predicted molar refractivity (Wildman–Crippen MR) is 63.8 cm³/mol. The third-order valence-corrected chi connectivity index (χ3v) is 3.09. The molecule has 0 radical (unpaired) electrons. The second kappa shape index (κ2) is 5.18. The van der Waals surface area contributed by atoms with Crippen LogP contribution in [0, 0.1) is 17.2 Å². The van der Waals surface area contributed by atoms with Crippen molar-refractivity contribution in [1.29, 1.82) is 5.26 Å². The minimum Gasteiger partial charge on any atom is -0.340 e. The van der Waals surface area contributed by atoms with Crippen LogP contribution in [0.1, 0.15) is 37.8 Å². The Labute approximate surface area is 97.1 Å². The number of hydrogen-bond acceptors (Lipinski definition) is 2. The van der Waals surface area contributed by atoms with Gasteiger partial charge in [-0.2, -0.15) is 5.26 Å². The van der Waals surface area contributed by atoms with Crippen molar-refractivity contribution in [2.75, 3.05) is 6.54 Å². The summed E-state index contributed by atoms with van der Waals surface area (Å²) >= 11 is 0. The Morgan fingerprint density at radius 2 is 2.44 bits per heavy atom. The summed E-state index contributed by atoms with van der Waals surface area (Å²) in [4.78, 5) is 0. The van der Waals surface area contributed by atoms with Crippen LogP contribution in [0.5, 0.6) is 0 Å². The summed E-state index contributed by atoms with van der Waals surface area (Å²) in [6.45, 7) is 3.72. The van der Waals surface area contributed by atoms with E-state index in [0.717, 1.165) is 12.5 Å². The molecular formula is C13H19N3. The lowest BCUT2D eigenvalue weighted by molar-refractivity contribution is 0.481. The van der Waals surface area contributed by atoms with Crippen molar-refractivity contribution in [1.82, 2.24) is 9.88 Å². The highest BCUT2D eigenvalue weighted by Gasteiger charge is 2.32. The lowest BCUT2D eigenvalue weighted by Crippen LogP contribution is -2.23. The Balaban J connectivity index is 2.03. The molecule has 1 atom stereocenters. The maximum atomic E-state index is 8.64. The topological polar surface area (TPSA) is 40.8 Å². The minimum atomic E-state index is 0.450. The molecule has 0 aromatic carbocycles. The van der Waals surface area contributed by atoms with Crippen LogP contribution in [0.15, 0.2) is 18.5 Å². The van der Waals surface area contributed by atoms with Crippen LogP contribution in [0.3, 0.4) is 0 Å². The zero-order valence-electron chi connectivity index (χ0n) is 9.82. The first-order valence-electron chi connectivity index (χ1n) is 6.11. The molecule has 1 heterocycles. The van der Waals surface area contributed by atoms with Crippen LogP contribution in [-0.2, 0) is 6.54 Å². The largest absolute Gasteiger partial charge is 0.340 e. The van der Waals surface area contributed by atoms with Crippen LogP contribution in [0.25, 0.3) is 0 Å². The van der Waals surface area contributed by atoms with E-state index in [2.05, 4.69) is 30.6 Å². The van der Waals surface area contributed by atoms with Crippen LogP contribution >= 0.6 is 0 Å². The number of nitrogens with one attached hydrogen (secondary N) is 1. The van der Waals surface area contributed by atoms with Crippen molar-refractivity contribution >= 4 is 0 Å². The number of aromatic nitrogens is 1. The summed E-state index contributed by atoms with van der Waals surface area (Å²) < 4.78 is 1.96. The molecule has 0 saturated heterocycles. The van der Waals surface area contributed by atoms with Crippen molar-refractivity contribution < 1.29 is 0 Å². The Morgan fingerprint density at radius 3 is 3.06 bits per heavy atom. The molecule has 86 valence electrons. The molecule has 1 N–H and O–H groups in total. The Kier molecular flexibility index (Phi) is 3.63. The number of rotatable bonds is 6. The van der Waals surface area contributed by atoms with E-state index < -0.39 is 0 Å². The summed E-state index contributed by atoms with van der Waals surface area (Å²) in [5.74, 6) is 0.810. The molecule has 1 unspecified atom stereocenters. The normalized spacial score (nSPS) is 17.0. The average molecular weight is 217 g/mol. The molecule has 16 heavy (non-hydrogen) atoms. The fourth-order valence-corrected chi connectivity index (χ4v) is 2.11. The van der Waals surface area contributed by atoms with Crippen LogP contribution in [-0.4, -0.2) is 11.1 Å². The second-order valence-electron chi connectivity index (χ2n) is 4.54. The van der Waals surface area contributed by atoms with Gasteiger partial charge in [0, 0.05) is 18.4 Å². The molecule has 1 aromatic heterocycles.